The predicted molar refractivity (Wildman–Crippen MR) is 114 cm³/mol. The summed E-state index contributed by atoms with van der Waals surface area (Å²) < 4.78 is 50.6. The second-order valence-corrected chi connectivity index (χ2v) is 11.4. The van der Waals surface area contributed by atoms with Crippen molar-refractivity contribution in [1.82, 2.24) is 9.62 Å². The molecule has 2 aromatic carbocycles. The van der Waals surface area contributed by atoms with Crippen LogP contribution in [0.2, 0.25) is 0 Å². The van der Waals surface area contributed by atoms with Crippen molar-refractivity contribution < 1.29 is 21.6 Å². The molecule has 1 saturated heterocycles. The minimum absolute atomic E-state index is 0.0239. The summed E-state index contributed by atoms with van der Waals surface area (Å²) in [5, 5.41) is 2.99. The van der Waals surface area contributed by atoms with Crippen LogP contribution in [-0.2, 0) is 31.1 Å². The molecule has 30 heavy (non-hydrogen) atoms. The Morgan fingerprint density at radius 3 is 2.23 bits per heavy atom. The molecule has 0 saturated carbocycles. The first-order chi connectivity index (χ1) is 14.2. The Labute approximate surface area is 178 Å². The Hall–Kier alpha value is -2.23. The van der Waals surface area contributed by atoms with Crippen LogP contribution in [0.4, 0.5) is 0 Å². The summed E-state index contributed by atoms with van der Waals surface area (Å²) in [4.78, 5) is 12.2. The van der Waals surface area contributed by atoms with Crippen molar-refractivity contribution in [2.75, 3.05) is 19.3 Å². The molecule has 0 unspecified atom stereocenters. The van der Waals surface area contributed by atoms with Gasteiger partial charge in [0.2, 0.25) is 15.9 Å². The topological polar surface area (TPSA) is 101 Å². The molecule has 1 heterocycles. The zero-order chi connectivity index (χ0) is 21.8. The standard InChI is InChI=1S/C21H26N2O5S2/c1-29(25,26)19-8-5-9-20(16-19)30(27,28)23-14-12-18(13-15-23)22-21(24)11-10-17-6-3-2-4-7-17/h2-9,16,18H,10-15H2,1H3,(H,22,24). The average Bonchev–Trinajstić information content (AvgIpc) is 2.73. The number of aryl methyl sites for hydroxylation is 1. The van der Waals surface area contributed by atoms with Crippen LogP contribution in [0.25, 0.3) is 0 Å². The first-order valence-electron chi connectivity index (χ1n) is 9.80. The van der Waals surface area contributed by atoms with Crippen LogP contribution in [-0.4, -0.2) is 52.4 Å². The van der Waals surface area contributed by atoms with E-state index in [4.69, 9.17) is 0 Å². The van der Waals surface area contributed by atoms with Crippen molar-refractivity contribution in [3.63, 3.8) is 0 Å². The molecule has 1 N–H and O–H groups in total. The maximum absolute atomic E-state index is 12.9. The van der Waals surface area contributed by atoms with Gasteiger partial charge >= 0.3 is 0 Å². The van der Waals surface area contributed by atoms with E-state index in [1.807, 2.05) is 30.3 Å². The van der Waals surface area contributed by atoms with E-state index in [0.717, 1.165) is 11.8 Å². The summed E-state index contributed by atoms with van der Waals surface area (Å²) >= 11 is 0. The second kappa shape index (κ2) is 9.28. The van der Waals surface area contributed by atoms with Gasteiger partial charge in [0.25, 0.3) is 0 Å². The van der Waals surface area contributed by atoms with E-state index < -0.39 is 19.9 Å². The molecule has 1 aliphatic rings. The van der Waals surface area contributed by atoms with Gasteiger partial charge in [-0.05, 0) is 43.0 Å². The summed E-state index contributed by atoms with van der Waals surface area (Å²) in [6.45, 7) is 0.546. The van der Waals surface area contributed by atoms with E-state index in [1.165, 1.54) is 28.6 Å². The van der Waals surface area contributed by atoms with Gasteiger partial charge in [-0.15, -0.1) is 0 Å². The van der Waals surface area contributed by atoms with Crippen molar-refractivity contribution >= 4 is 25.8 Å². The summed E-state index contributed by atoms with van der Waals surface area (Å²) in [6, 6.07) is 15.1. The van der Waals surface area contributed by atoms with Crippen LogP contribution < -0.4 is 5.32 Å². The maximum atomic E-state index is 12.9. The Balaban J connectivity index is 1.55. The predicted octanol–water partition coefficient (Wildman–Crippen LogP) is 1.99. The molecule has 0 atom stereocenters. The lowest BCUT2D eigenvalue weighted by Crippen LogP contribution is -2.46. The number of nitrogens with one attached hydrogen (secondary N) is 1. The highest BCUT2D eigenvalue weighted by Gasteiger charge is 2.30. The highest BCUT2D eigenvalue weighted by molar-refractivity contribution is 7.91. The molecule has 7 nitrogen and oxygen atoms in total. The third-order valence-corrected chi connectivity index (χ3v) is 8.18. The molecular weight excluding hydrogens is 424 g/mol. The van der Waals surface area contributed by atoms with Crippen LogP contribution in [0.15, 0.2) is 64.4 Å². The lowest BCUT2D eigenvalue weighted by Gasteiger charge is -2.31. The van der Waals surface area contributed by atoms with Gasteiger partial charge in [0, 0.05) is 31.8 Å². The number of carbonyl (C=O) groups excluding carboxylic acids is 1. The number of rotatable bonds is 7. The van der Waals surface area contributed by atoms with E-state index >= 15 is 0 Å². The molecule has 0 aromatic heterocycles. The summed E-state index contributed by atoms with van der Waals surface area (Å²) in [5.74, 6) is -0.0407. The van der Waals surface area contributed by atoms with Crippen molar-refractivity contribution in [2.45, 2.75) is 41.5 Å². The third kappa shape index (κ3) is 5.68. The zero-order valence-electron chi connectivity index (χ0n) is 16.8. The van der Waals surface area contributed by atoms with E-state index in [-0.39, 0.29) is 34.8 Å². The van der Waals surface area contributed by atoms with Gasteiger partial charge in [0.1, 0.15) is 0 Å². The monoisotopic (exact) mass is 450 g/mol. The van der Waals surface area contributed by atoms with Crippen molar-refractivity contribution in [3.8, 4) is 0 Å². The van der Waals surface area contributed by atoms with Gasteiger partial charge in [0.15, 0.2) is 9.84 Å². The largest absolute Gasteiger partial charge is 0.353 e. The molecule has 0 spiro atoms. The zero-order valence-corrected chi connectivity index (χ0v) is 18.5. The molecule has 1 aliphatic heterocycles. The second-order valence-electron chi connectivity index (χ2n) is 7.48. The van der Waals surface area contributed by atoms with E-state index in [9.17, 15) is 21.6 Å². The van der Waals surface area contributed by atoms with Crippen molar-refractivity contribution in [1.29, 1.82) is 0 Å². The fourth-order valence-corrected chi connectivity index (χ4v) is 5.71. The van der Waals surface area contributed by atoms with Crippen LogP contribution in [0.1, 0.15) is 24.8 Å². The van der Waals surface area contributed by atoms with Gasteiger partial charge in [0.05, 0.1) is 9.79 Å². The minimum Gasteiger partial charge on any atom is -0.353 e. The summed E-state index contributed by atoms with van der Waals surface area (Å²) in [7, 11) is -7.28. The fraction of sp³-hybridized carbons (Fsp3) is 0.381. The third-order valence-electron chi connectivity index (χ3n) is 5.17. The Bertz CT molecular complexity index is 1090. The quantitative estimate of drug-likeness (QED) is 0.695. The fourth-order valence-electron chi connectivity index (χ4n) is 3.46. The Kier molecular flexibility index (Phi) is 6.95. The van der Waals surface area contributed by atoms with Gasteiger partial charge in [-0.25, -0.2) is 16.8 Å². The maximum Gasteiger partial charge on any atom is 0.243 e. The van der Waals surface area contributed by atoms with Gasteiger partial charge < -0.3 is 5.32 Å². The molecular formula is C21H26N2O5S2. The molecule has 1 fully saturated rings. The number of hydrogen-bond donors (Lipinski definition) is 1. The van der Waals surface area contributed by atoms with E-state index in [2.05, 4.69) is 5.32 Å². The number of benzene rings is 2. The molecule has 9 heteroatoms. The van der Waals surface area contributed by atoms with E-state index in [0.29, 0.717) is 25.7 Å². The molecule has 1 amide bonds. The normalized spacial score (nSPS) is 16.3. The summed E-state index contributed by atoms with van der Waals surface area (Å²) in [6.07, 6.45) is 3.13. The first kappa shape index (κ1) is 22.5. The van der Waals surface area contributed by atoms with Crippen molar-refractivity contribution in [2.24, 2.45) is 0 Å². The Morgan fingerprint density at radius 2 is 1.60 bits per heavy atom. The minimum atomic E-state index is -3.79. The molecule has 3 rings (SSSR count). The van der Waals surface area contributed by atoms with Crippen molar-refractivity contribution in [3.05, 3.63) is 60.2 Å². The SMILES string of the molecule is CS(=O)(=O)c1cccc(S(=O)(=O)N2CCC(NC(=O)CCc3ccccc3)CC2)c1. The van der Waals surface area contributed by atoms with Crippen LogP contribution in [0.3, 0.4) is 0 Å². The molecule has 0 bridgehead atoms. The van der Waals surface area contributed by atoms with Gasteiger partial charge in [-0.3, -0.25) is 4.79 Å². The molecule has 2 aromatic rings. The number of hydrogen-bond acceptors (Lipinski definition) is 5. The van der Waals surface area contributed by atoms with Gasteiger partial charge in [-0.2, -0.15) is 4.31 Å². The molecule has 0 radical (unpaired) electrons. The first-order valence-corrected chi connectivity index (χ1v) is 13.1. The molecule has 0 aliphatic carbocycles. The van der Waals surface area contributed by atoms with Crippen LogP contribution in [0.5, 0.6) is 0 Å². The number of nitrogens with zero attached hydrogens (tertiary/aromatic N) is 1. The van der Waals surface area contributed by atoms with Crippen LogP contribution in [0, 0.1) is 0 Å². The number of sulfone groups is 1. The van der Waals surface area contributed by atoms with Gasteiger partial charge in [-0.1, -0.05) is 36.4 Å². The number of piperidine rings is 1. The number of carbonyl (C=O) groups is 1. The lowest BCUT2D eigenvalue weighted by atomic mass is 10.1. The lowest BCUT2D eigenvalue weighted by molar-refractivity contribution is -0.122. The van der Waals surface area contributed by atoms with E-state index in [1.54, 1.807) is 0 Å². The molecule has 162 valence electrons. The highest BCUT2D eigenvalue weighted by atomic mass is 32.2. The average molecular weight is 451 g/mol. The summed E-state index contributed by atoms with van der Waals surface area (Å²) in [5.41, 5.74) is 1.10. The smallest absolute Gasteiger partial charge is 0.243 e. The number of sulfonamides is 1. The Morgan fingerprint density at radius 1 is 0.967 bits per heavy atom. The number of amides is 1. The van der Waals surface area contributed by atoms with Crippen LogP contribution >= 0.6 is 0 Å². The highest BCUT2D eigenvalue weighted by Crippen LogP contribution is 2.23.